The number of allylic oxidation sites excluding steroid dienone is 3. The Morgan fingerprint density at radius 2 is 2.12 bits per heavy atom. The fourth-order valence-electron chi connectivity index (χ4n) is 4.53. The minimum absolute atomic E-state index is 0.282. The number of nitrogens with zero attached hydrogens (tertiary/aromatic N) is 1. The standard InChI is InChI=1S/C28H34N4/c1-5-25-28(20-10-13-22(29)14-11-20)23-16-21(12-15-27(23)32-25)24(17-30-6-2)19(4)26-9-7-8-18(3)31-26/h7-10,12,15-17,22,30,32H,4-6,11,13-14,29H2,1-3H3/b24-17+. The molecule has 4 rings (SSSR count). The lowest BCUT2D eigenvalue weighted by molar-refractivity contribution is 0.614. The molecule has 1 aliphatic rings. The fraction of sp³-hybridized carbons (Fsp3) is 0.321. The van der Waals surface area contributed by atoms with Crippen LogP contribution in [0.5, 0.6) is 0 Å². The van der Waals surface area contributed by atoms with E-state index in [9.17, 15) is 0 Å². The minimum atomic E-state index is 0.282. The number of H-pyrrole nitrogens is 1. The Morgan fingerprint density at radius 3 is 2.81 bits per heavy atom. The summed E-state index contributed by atoms with van der Waals surface area (Å²) in [4.78, 5) is 8.37. The highest BCUT2D eigenvalue weighted by atomic mass is 14.8. The topological polar surface area (TPSA) is 66.7 Å². The number of nitrogens with two attached hydrogens (primary N) is 1. The van der Waals surface area contributed by atoms with Crippen molar-refractivity contribution in [3.8, 4) is 0 Å². The monoisotopic (exact) mass is 426 g/mol. The van der Waals surface area contributed by atoms with Gasteiger partial charge in [-0.25, -0.2) is 0 Å². The first-order valence-corrected chi connectivity index (χ1v) is 11.7. The number of hydrogen-bond donors (Lipinski definition) is 3. The molecular weight excluding hydrogens is 392 g/mol. The number of rotatable bonds is 7. The number of aromatic nitrogens is 2. The maximum atomic E-state index is 6.16. The summed E-state index contributed by atoms with van der Waals surface area (Å²) >= 11 is 0. The number of nitrogens with one attached hydrogen (secondary N) is 2. The smallest absolute Gasteiger partial charge is 0.0705 e. The average Bonchev–Trinajstić information content (AvgIpc) is 3.17. The SMILES string of the molecule is C=C(/C(=C\NCC)c1ccc2[nH]c(CC)c(C3=CCC(N)CC3)c2c1)c1cccc(C)n1. The number of hydrogen-bond acceptors (Lipinski definition) is 3. The maximum Gasteiger partial charge on any atom is 0.0705 e. The third-order valence-electron chi connectivity index (χ3n) is 6.29. The van der Waals surface area contributed by atoms with Gasteiger partial charge in [0.15, 0.2) is 0 Å². The van der Waals surface area contributed by atoms with E-state index < -0.39 is 0 Å². The van der Waals surface area contributed by atoms with E-state index in [1.165, 1.54) is 27.7 Å². The van der Waals surface area contributed by atoms with Crippen LogP contribution >= 0.6 is 0 Å². The molecule has 3 aromatic rings. The van der Waals surface area contributed by atoms with Crippen molar-refractivity contribution in [2.24, 2.45) is 5.73 Å². The molecule has 1 unspecified atom stereocenters. The van der Waals surface area contributed by atoms with Crippen molar-refractivity contribution in [2.75, 3.05) is 6.54 Å². The highest BCUT2D eigenvalue weighted by molar-refractivity contribution is 6.05. The molecular formula is C28H34N4. The van der Waals surface area contributed by atoms with Gasteiger partial charge < -0.3 is 16.0 Å². The van der Waals surface area contributed by atoms with Gasteiger partial charge in [0.25, 0.3) is 0 Å². The van der Waals surface area contributed by atoms with Crippen LogP contribution in [0.4, 0.5) is 0 Å². The van der Waals surface area contributed by atoms with Crippen LogP contribution < -0.4 is 11.1 Å². The second kappa shape index (κ2) is 9.58. The van der Waals surface area contributed by atoms with E-state index in [0.717, 1.165) is 60.3 Å². The third kappa shape index (κ3) is 4.42. The van der Waals surface area contributed by atoms with Crippen LogP contribution in [0.2, 0.25) is 0 Å². The van der Waals surface area contributed by atoms with E-state index >= 15 is 0 Å². The molecule has 0 bridgehead atoms. The zero-order chi connectivity index (χ0) is 22.7. The van der Waals surface area contributed by atoms with Crippen LogP contribution in [-0.4, -0.2) is 22.6 Å². The molecule has 4 heteroatoms. The van der Waals surface area contributed by atoms with Crippen molar-refractivity contribution >= 4 is 27.6 Å². The molecule has 2 aromatic heterocycles. The first-order chi connectivity index (χ1) is 15.5. The first-order valence-electron chi connectivity index (χ1n) is 11.7. The Hall–Kier alpha value is -3.11. The molecule has 0 aliphatic heterocycles. The van der Waals surface area contributed by atoms with Crippen molar-refractivity contribution in [3.63, 3.8) is 0 Å². The second-order valence-corrected chi connectivity index (χ2v) is 8.61. The van der Waals surface area contributed by atoms with Gasteiger partial charge in [0.2, 0.25) is 0 Å². The molecule has 32 heavy (non-hydrogen) atoms. The van der Waals surface area contributed by atoms with Gasteiger partial charge in [0.05, 0.1) is 5.69 Å². The van der Waals surface area contributed by atoms with Gasteiger partial charge >= 0.3 is 0 Å². The predicted molar refractivity (Wildman–Crippen MR) is 137 cm³/mol. The Kier molecular flexibility index (Phi) is 6.61. The lowest BCUT2D eigenvalue weighted by Gasteiger charge is -2.19. The highest BCUT2D eigenvalue weighted by Crippen LogP contribution is 2.37. The minimum Gasteiger partial charge on any atom is -0.391 e. The van der Waals surface area contributed by atoms with Crippen LogP contribution in [0.25, 0.3) is 27.6 Å². The van der Waals surface area contributed by atoms with Crippen LogP contribution in [0, 0.1) is 6.92 Å². The Morgan fingerprint density at radius 1 is 1.28 bits per heavy atom. The number of pyridine rings is 1. The van der Waals surface area contributed by atoms with Gasteiger partial charge in [-0.15, -0.1) is 0 Å². The molecule has 2 heterocycles. The molecule has 1 atom stereocenters. The Labute approximate surface area is 191 Å². The zero-order valence-electron chi connectivity index (χ0n) is 19.5. The summed E-state index contributed by atoms with van der Waals surface area (Å²) in [6.07, 6.45) is 8.41. The van der Waals surface area contributed by atoms with Crippen molar-refractivity contribution in [2.45, 2.75) is 52.5 Å². The largest absolute Gasteiger partial charge is 0.391 e. The lowest BCUT2D eigenvalue weighted by atomic mass is 9.88. The highest BCUT2D eigenvalue weighted by Gasteiger charge is 2.20. The van der Waals surface area contributed by atoms with E-state index in [4.69, 9.17) is 10.7 Å². The summed E-state index contributed by atoms with van der Waals surface area (Å²) in [6.45, 7) is 11.6. The van der Waals surface area contributed by atoms with Gasteiger partial charge in [-0.2, -0.15) is 0 Å². The van der Waals surface area contributed by atoms with E-state index in [1.807, 2.05) is 25.1 Å². The second-order valence-electron chi connectivity index (χ2n) is 8.61. The fourth-order valence-corrected chi connectivity index (χ4v) is 4.53. The molecule has 0 saturated heterocycles. The van der Waals surface area contributed by atoms with Gasteiger partial charge in [0.1, 0.15) is 0 Å². The summed E-state index contributed by atoms with van der Waals surface area (Å²) in [6, 6.07) is 13.0. The molecule has 4 nitrogen and oxygen atoms in total. The molecule has 4 N–H and O–H groups in total. The van der Waals surface area contributed by atoms with Gasteiger partial charge in [-0.1, -0.05) is 31.7 Å². The molecule has 1 aliphatic carbocycles. The van der Waals surface area contributed by atoms with Gasteiger partial charge in [-0.3, -0.25) is 4.98 Å². The Bertz CT molecular complexity index is 1200. The summed E-state index contributed by atoms with van der Waals surface area (Å²) in [7, 11) is 0. The maximum absolute atomic E-state index is 6.16. The average molecular weight is 427 g/mol. The van der Waals surface area contributed by atoms with Gasteiger partial charge in [0, 0.05) is 57.8 Å². The van der Waals surface area contributed by atoms with Gasteiger partial charge in [-0.05, 0) is 74.9 Å². The molecule has 0 saturated carbocycles. The van der Waals surface area contributed by atoms with Crippen molar-refractivity contribution < 1.29 is 0 Å². The molecule has 0 spiro atoms. The number of aromatic amines is 1. The Balaban J connectivity index is 1.83. The van der Waals surface area contributed by atoms with Crippen LogP contribution in [0.1, 0.15) is 61.3 Å². The summed E-state index contributed by atoms with van der Waals surface area (Å²) in [5.41, 5.74) is 16.4. The van der Waals surface area contributed by atoms with Crippen molar-refractivity contribution in [1.82, 2.24) is 15.3 Å². The van der Waals surface area contributed by atoms with Crippen LogP contribution in [0.15, 0.2) is 55.3 Å². The third-order valence-corrected chi connectivity index (χ3v) is 6.29. The molecule has 0 radical (unpaired) electrons. The summed E-state index contributed by atoms with van der Waals surface area (Å²) in [5, 5.41) is 4.65. The first kappa shape index (κ1) is 22.1. The van der Waals surface area contributed by atoms with E-state index in [2.05, 4.69) is 61.2 Å². The normalized spacial score (nSPS) is 16.8. The number of aryl methyl sites for hydroxylation is 2. The molecule has 0 amide bonds. The molecule has 166 valence electrons. The van der Waals surface area contributed by atoms with Crippen LogP contribution in [-0.2, 0) is 6.42 Å². The van der Waals surface area contributed by atoms with Crippen molar-refractivity contribution in [3.05, 3.63) is 83.5 Å². The quantitative estimate of drug-likeness (QED) is 0.406. The zero-order valence-corrected chi connectivity index (χ0v) is 19.5. The summed E-state index contributed by atoms with van der Waals surface area (Å²) in [5.74, 6) is 0. The number of benzene rings is 1. The van der Waals surface area contributed by atoms with Crippen LogP contribution in [0.3, 0.4) is 0 Å². The van der Waals surface area contributed by atoms with Crippen molar-refractivity contribution in [1.29, 1.82) is 0 Å². The van der Waals surface area contributed by atoms with E-state index in [1.54, 1.807) is 0 Å². The lowest BCUT2D eigenvalue weighted by Crippen LogP contribution is -2.21. The number of fused-ring (bicyclic) bond motifs is 1. The predicted octanol–water partition coefficient (Wildman–Crippen LogP) is 5.99. The molecule has 1 aromatic carbocycles. The van der Waals surface area contributed by atoms with E-state index in [-0.39, 0.29) is 6.04 Å². The van der Waals surface area contributed by atoms with E-state index in [0.29, 0.717) is 0 Å². The molecule has 0 fully saturated rings. The summed E-state index contributed by atoms with van der Waals surface area (Å²) < 4.78 is 0.